The van der Waals surface area contributed by atoms with Crippen LogP contribution in [-0.2, 0) is 11.2 Å². The van der Waals surface area contributed by atoms with Gasteiger partial charge in [0.1, 0.15) is 0 Å². The molecule has 1 N–H and O–H groups in total. The van der Waals surface area contributed by atoms with E-state index in [1.165, 1.54) is 14.0 Å². The van der Waals surface area contributed by atoms with Crippen LogP contribution in [0.1, 0.15) is 36.1 Å². The van der Waals surface area contributed by atoms with Crippen molar-refractivity contribution in [1.82, 2.24) is 5.32 Å². The number of aryl methyl sites for hydroxylation is 2. The fraction of sp³-hybridized carbons (Fsp3) is 0.391. The van der Waals surface area contributed by atoms with E-state index in [2.05, 4.69) is 21.2 Å². The molecule has 1 amide bonds. The summed E-state index contributed by atoms with van der Waals surface area (Å²) in [5.41, 5.74) is 3.54. The van der Waals surface area contributed by atoms with Gasteiger partial charge in [-0.15, -0.1) is 0 Å². The summed E-state index contributed by atoms with van der Waals surface area (Å²) >= 11 is 3.60. The number of ether oxygens (including phenoxy) is 4. The number of carbonyl (C=O) groups is 1. The van der Waals surface area contributed by atoms with E-state index in [1.54, 1.807) is 28.3 Å². The maximum absolute atomic E-state index is 13.0. The van der Waals surface area contributed by atoms with Crippen molar-refractivity contribution in [3.63, 3.8) is 0 Å². The van der Waals surface area contributed by atoms with Crippen molar-refractivity contribution < 1.29 is 23.7 Å². The molecule has 0 spiro atoms. The third kappa shape index (κ3) is 3.96. The van der Waals surface area contributed by atoms with Crippen molar-refractivity contribution in [2.24, 2.45) is 0 Å². The van der Waals surface area contributed by atoms with Crippen molar-refractivity contribution in [2.45, 2.75) is 32.7 Å². The van der Waals surface area contributed by atoms with Gasteiger partial charge in [-0.3, -0.25) is 9.59 Å². The molecule has 0 aliphatic heterocycles. The maximum atomic E-state index is 13.0. The maximum Gasteiger partial charge on any atom is 0.224 e. The van der Waals surface area contributed by atoms with Gasteiger partial charge in [0.15, 0.2) is 17.2 Å². The molecule has 3 rings (SSSR count). The number of carbonyl (C=O) groups excluding carboxylic acids is 1. The van der Waals surface area contributed by atoms with Gasteiger partial charge in [0.2, 0.25) is 17.1 Å². The average Bonchev–Trinajstić information content (AvgIpc) is 2.93. The van der Waals surface area contributed by atoms with E-state index in [9.17, 15) is 9.59 Å². The van der Waals surface area contributed by atoms with Gasteiger partial charge in [0, 0.05) is 23.6 Å². The lowest BCUT2D eigenvalue weighted by molar-refractivity contribution is -0.119. The van der Waals surface area contributed by atoms with E-state index >= 15 is 0 Å². The number of halogens is 1. The second-order valence-electron chi connectivity index (χ2n) is 7.30. The van der Waals surface area contributed by atoms with Gasteiger partial charge in [0.05, 0.1) is 39.0 Å². The monoisotopic (exact) mass is 491 g/mol. The van der Waals surface area contributed by atoms with E-state index in [-0.39, 0.29) is 23.1 Å². The molecule has 0 radical (unpaired) electrons. The van der Waals surface area contributed by atoms with E-state index in [0.29, 0.717) is 40.1 Å². The standard InChI is InChI=1S/C23H26BrNO6/c1-11-9-14-17-13(10-16(28-3)21(29-4)22(17)30-5)7-8-15(25-12(2)26)18(14)19(24)23(31-6)20(11)27/h9-10,15H,7-8H2,1-6H3,(H,25,26)/t15-/m0/s1. The fourth-order valence-electron chi connectivity index (χ4n) is 4.14. The number of hydrogen-bond donors (Lipinski definition) is 1. The molecular weight excluding hydrogens is 466 g/mol. The van der Waals surface area contributed by atoms with Crippen LogP contribution in [0.4, 0.5) is 0 Å². The predicted molar refractivity (Wildman–Crippen MR) is 122 cm³/mol. The molecular formula is C23H26BrNO6. The van der Waals surface area contributed by atoms with Gasteiger partial charge in [0.25, 0.3) is 0 Å². The van der Waals surface area contributed by atoms with Crippen molar-refractivity contribution in [1.29, 1.82) is 0 Å². The van der Waals surface area contributed by atoms with Crippen LogP contribution in [0.5, 0.6) is 23.0 Å². The lowest BCUT2D eigenvalue weighted by Gasteiger charge is -2.21. The van der Waals surface area contributed by atoms with E-state index in [0.717, 1.165) is 22.3 Å². The highest BCUT2D eigenvalue weighted by atomic mass is 79.9. The number of methoxy groups -OCH3 is 4. The molecule has 0 heterocycles. The normalized spacial score (nSPS) is 14.6. The highest BCUT2D eigenvalue weighted by Crippen LogP contribution is 2.52. The molecule has 0 aromatic heterocycles. The van der Waals surface area contributed by atoms with Gasteiger partial charge in [-0.25, -0.2) is 0 Å². The molecule has 0 saturated heterocycles. The predicted octanol–water partition coefficient (Wildman–Crippen LogP) is 3.94. The molecule has 0 bridgehead atoms. The molecule has 0 unspecified atom stereocenters. The minimum Gasteiger partial charge on any atom is -0.493 e. The summed E-state index contributed by atoms with van der Waals surface area (Å²) in [5, 5.41) is 3.02. The zero-order valence-electron chi connectivity index (χ0n) is 18.5. The molecule has 7 nitrogen and oxygen atoms in total. The number of rotatable bonds is 5. The Morgan fingerprint density at radius 1 is 1.03 bits per heavy atom. The Morgan fingerprint density at radius 2 is 1.68 bits per heavy atom. The number of nitrogens with one attached hydrogen (secondary N) is 1. The summed E-state index contributed by atoms with van der Waals surface area (Å²) in [7, 11) is 6.15. The smallest absolute Gasteiger partial charge is 0.224 e. The van der Waals surface area contributed by atoms with Crippen molar-refractivity contribution in [2.75, 3.05) is 28.4 Å². The van der Waals surface area contributed by atoms with Crippen molar-refractivity contribution in [3.05, 3.63) is 43.5 Å². The zero-order chi connectivity index (χ0) is 22.9. The lowest BCUT2D eigenvalue weighted by Crippen LogP contribution is -2.26. The summed E-state index contributed by atoms with van der Waals surface area (Å²) < 4.78 is 22.9. The average molecular weight is 492 g/mol. The Hall–Kier alpha value is -2.74. The van der Waals surface area contributed by atoms with Crippen LogP contribution in [0.3, 0.4) is 0 Å². The summed E-state index contributed by atoms with van der Waals surface area (Å²) in [4.78, 5) is 25.0. The Balaban J connectivity index is 2.55. The number of benzene rings is 1. The first kappa shape index (κ1) is 22.9. The topological polar surface area (TPSA) is 83.1 Å². The van der Waals surface area contributed by atoms with Crippen molar-refractivity contribution in [3.8, 4) is 34.1 Å². The van der Waals surface area contributed by atoms with E-state index in [1.807, 2.05) is 12.1 Å². The molecule has 31 heavy (non-hydrogen) atoms. The number of fused-ring (bicyclic) bond motifs is 3. The van der Waals surface area contributed by atoms with Crippen LogP contribution in [0.25, 0.3) is 11.1 Å². The summed E-state index contributed by atoms with van der Waals surface area (Å²) in [6.07, 6.45) is 1.25. The minimum atomic E-state index is -0.351. The fourth-order valence-corrected chi connectivity index (χ4v) is 4.97. The van der Waals surface area contributed by atoms with Gasteiger partial charge in [-0.05, 0) is 59.0 Å². The largest absolute Gasteiger partial charge is 0.493 e. The van der Waals surface area contributed by atoms with Gasteiger partial charge in [-0.1, -0.05) is 0 Å². The Kier molecular flexibility index (Phi) is 6.79. The number of amides is 1. The van der Waals surface area contributed by atoms with Gasteiger partial charge in [-0.2, -0.15) is 0 Å². The Morgan fingerprint density at radius 3 is 2.23 bits per heavy atom. The first-order valence-corrected chi connectivity index (χ1v) is 10.6. The molecule has 0 saturated carbocycles. The molecule has 1 aliphatic carbocycles. The summed E-state index contributed by atoms with van der Waals surface area (Å²) in [5.74, 6) is 1.54. The second-order valence-corrected chi connectivity index (χ2v) is 8.10. The molecule has 2 aromatic rings. The quantitative estimate of drug-likeness (QED) is 0.681. The van der Waals surface area contributed by atoms with Crippen LogP contribution in [0.2, 0.25) is 0 Å². The molecule has 1 atom stereocenters. The van der Waals surface area contributed by atoms with Crippen molar-refractivity contribution >= 4 is 21.8 Å². The second kappa shape index (κ2) is 9.18. The van der Waals surface area contributed by atoms with Gasteiger partial charge >= 0.3 is 0 Å². The first-order chi connectivity index (χ1) is 14.8. The summed E-state index contributed by atoms with van der Waals surface area (Å²) in [6, 6.07) is 3.39. The highest BCUT2D eigenvalue weighted by molar-refractivity contribution is 9.10. The minimum absolute atomic E-state index is 0.166. The molecule has 1 aliphatic rings. The highest BCUT2D eigenvalue weighted by Gasteiger charge is 2.32. The summed E-state index contributed by atoms with van der Waals surface area (Å²) in [6.45, 7) is 3.21. The van der Waals surface area contributed by atoms with Crippen LogP contribution in [-0.4, -0.2) is 34.3 Å². The van der Waals surface area contributed by atoms with E-state index < -0.39 is 0 Å². The van der Waals surface area contributed by atoms with Crippen LogP contribution in [0.15, 0.2) is 21.4 Å². The third-order valence-corrected chi connectivity index (χ3v) is 6.25. The van der Waals surface area contributed by atoms with Gasteiger partial charge < -0.3 is 24.3 Å². The lowest BCUT2D eigenvalue weighted by atomic mass is 9.95. The van der Waals surface area contributed by atoms with Crippen LogP contribution >= 0.6 is 15.9 Å². The molecule has 2 aromatic carbocycles. The van der Waals surface area contributed by atoms with E-state index in [4.69, 9.17) is 18.9 Å². The Bertz CT molecular complexity index is 1100. The zero-order valence-corrected chi connectivity index (χ0v) is 20.1. The van der Waals surface area contributed by atoms with Crippen LogP contribution in [0, 0.1) is 6.92 Å². The third-order valence-electron chi connectivity index (χ3n) is 5.46. The number of hydrogen-bond acceptors (Lipinski definition) is 6. The molecule has 0 fully saturated rings. The first-order valence-electron chi connectivity index (χ1n) is 9.79. The van der Waals surface area contributed by atoms with Crippen LogP contribution < -0.4 is 29.7 Å². The Labute approximate surface area is 189 Å². The molecule has 166 valence electrons. The SMILES string of the molecule is COc1cc2c(c(OC)c1OC)-c1cc(C)c(=O)c(OC)c(Br)c1[C@@H](NC(C)=O)CC2. The molecule has 8 heteroatoms.